The second-order valence-corrected chi connectivity index (χ2v) is 4.26. The van der Waals surface area contributed by atoms with Crippen molar-refractivity contribution in [3.05, 3.63) is 11.9 Å². The maximum Gasteiger partial charge on any atom is 0.134 e. The highest BCUT2D eigenvalue weighted by Crippen LogP contribution is 2.19. The first-order chi connectivity index (χ1) is 7.69. The Morgan fingerprint density at radius 2 is 1.94 bits per heavy atom. The smallest absolute Gasteiger partial charge is 0.134 e. The summed E-state index contributed by atoms with van der Waals surface area (Å²) in [5, 5.41) is 6.47. The molecule has 16 heavy (non-hydrogen) atoms. The summed E-state index contributed by atoms with van der Waals surface area (Å²) in [4.78, 5) is 8.50. The van der Waals surface area contributed by atoms with E-state index >= 15 is 0 Å². The van der Waals surface area contributed by atoms with Crippen LogP contribution in [0.2, 0.25) is 0 Å². The van der Waals surface area contributed by atoms with Crippen LogP contribution < -0.4 is 10.6 Å². The molecule has 90 valence electrons. The molecule has 0 bridgehead atoms. The summed E-state index contributed by atoms with van der Waals surface area (Å²) in [7, 11) is 1.89. The number of nitrogens with one attached hydrogen (secondary N) is 2. The fraction of sp³-hybridized carbons (Fsp3) is 0.667. The largest absolute Gasteiger partial charge is 0.373 e. The minimum atomic E-state index is 0.711. The first-order valence-electron chi connectivity index (χ1n) is 5.94. The lowest BCUT2D eigenvalue weighted by molar-refractivity contribution is 0.606. The van der Waals surface area contributed by atoms with Gasteiger partial charge in [-0.2, -0.15) is 0 Å². The zero-order valence-corrected chi connectivity index (χ0v) is 10.7. The second-order valence-electron chi connectivity index (χ2n) is 4.26. The van der Waals surface area contributed by atoms with Gasteiger partial charge >= 0.3 is 0 Å². The number of hydrogen-bond acceptors (Lipinski definition) is 4. The van der Waals surface area contributed by atoms with Crippen LogP contribution in [0, 0.1) is 5.92 Å². The Morgan fingerprint density at radius 1 is 1.25 bits per heavy atom. The first-order valence-corrected chi connectivity index (χ1v) is 5.94. The fourth-order valence-corrected chi connectivity index (χ4v) is 1.59. The van der Waals surface area contributed by atoms with Gasteiger partial charge in [-0.05, 0) is 18.8 Å². The van der Waals surface area contributed by atoms with Gasteiger partial charge in [-0.25, -0.2) is 9.97 Å². The van der Waals surface area contributed by atoms with Crippen molar-refractivity contribution in [3.8, 4) is 0 Å². The molecule has 0 saturated carbocycles. The Balaban J connectivity index is 2.71. The number of hydrogen-bond donors (Lipinski definition) is 2. The van der Waals surface area contributed by atoms with Gasteiger partial charge in [-0.3, -0.25) is 0 Å². The third-order valence-corrected chi connectivity index (χ3v) is 2.55. The zero-order chi connectivity index (χ0) is 12.0. The molecule has 4 nitrogen and oxygen atoms in total. The van der Waals surface area contributed by atoms with E-state index in [9.17, 15) is 0 Å². The van der Waals surface area contributed by atoms with Gasteiger partial charge in [0, 0.05) is 19.2 Å². The van der Waals surface area contributed by atoms with Crippen LogP contribution in [0.25, 0.3) is 0 Å². The van der Waals surface area contributed by atoms with Crippen molar-refractivity contribution in [2.24, 2.45) is 5.92 Å². The Morgan fingerprint density at radius 3 is 2.50 bits per heavy atom. The molecule has 0 aliphatic heterocycles. The van der Waals surface area contributed by atoms with Crippen molar-refractivity contribution in [1.82, 2.24) is 9.97 Å². The van der Waals surface area contributed by atoms with Crippen LogP contribution in [0.3, 0.4) is 0 Å². The zero-order valence-electron chi connectivity index (χ0n) is 10.7. The first kappa shape index (κ1) is 12.7. The summed E-state index contributed by atoms with van der Waals surface area (Å²) in [6.45, 7) is 7.53. The van der Waals surface area contributed by atoms with Gasteiger partial charge in [-0.15, -0.1) is 0 Å². The van der Waals surface area contributed by atoms with Crippen LogP contribution in [0.4, 0.5) is 11.6 Å². The molecule has 0 aliphatic carbocycles. The lowest BCUT2D eigenvalue weighted by Gasteiger charge is -2.13. The Hall–Kier alpha value is -1.32. The summed E-state index contributed by atoms with van der Waals surface area (Å²) < 4.78 is 0. The highest BCUT2D eigenvalue weighted by atomic mass is 15.1. The molecule has 0 fully saturated rings. The second kappa shape index (κ2) is 6.30. The Kier molecular flexibility index (Phi) is 5.02. The molecule has 0 aliphatic rings. The predicted molar refractivity (Wildman–Crippen MR) is 68.9 cm³/mol. The summed E-state index contributed by atoms with van der Waals surface area (Å²) in [5.41, 5.74) is 1.16. The topological polar surface area (TPSA) is 49.8 Å². The minimum Gasteiger partial charge on any atom is -0.373 e. The molecule has 1 aromatic rings. The minimum absolute atomic E-state index is 0.711. The number of rotatable bonds is 6. The SMILES string of the molecule is CCc1c(NC)ncnc1NCCC(C)C. The molecule has 1 aromatic heterocycles. The van der Waals surface area contributed by atoms with E-state index in [1.165, 1.54) is 0 Å². The molecule has 0 atom stereocenters. The van der Waals surface area contributed by atoms with Crippen molar-refractivity contribution in [2.75, 3.05) is 24.2 Å². The summed E-state index contributed by atoms with van der Waals surface area (Å²) in [6, 6.07) is 0. The van der Waals surface area contributed by atoms with Gasteiger partial charge in [0.05, 0.1) is 0 Å². The highest BCUT2D eigenvalue weighted by Gasteiger charge is 2.07. The quantitative estimate of drug-likeness (QED) is 0.776. The maximum absolute atomic E-state index is 4.29. The summed E-state index contributed by atoms with van der Waals surface area (Å²) in [6.07, 6.45) is 3.69. The Bertz CT molecular complexity index is 323. The molecule has 0 radical (unpaired) electrons. The molecule has 4 heteroatoms. The van der Waals surface area contributed by atoms with Gasteiger partial charge in [0.25, 0.3) is 0 Å². The molecule has 1 rings (SSSR count). The lowest BCUT2D eigenvalue weighted by atomic mass is 10.1. The van der Waals surface area contributed by atoms with E-state index in [1.807, 2.05) is 7.05 Å². The monoisotopic (exact) mass is 222 g/mol. The van der Waals surface area contributed by atoms with Crippen LogP contribution >= 0.6 is 0 Å². The molecular weight excluding hydrogens is 200 g/mol. The van der Waals surface area contributed by atoms with Gasteiger partial charge in [0.2, 0.25) is 0 Å². The van der Waals surface area contributed by atoms with E-state index in [0.29, 0.717) is 5.92 Å². The summed E-state index contributed by atoms with van der Waals surface area (Å²) in [5.74, 6) is 2.59. The highest BCUT2D eigenvalue weighted by molar-refractivity contribution is 5.56. The van der Waals surface area contributed by atoms with Crippen molar-refractivity contribution < 1.29 is 0 Å². The van der Waals surface area contributed by atoms with E-state index in [1.54, 1.807) is 6.33 Å². The van der Waals surface area contributed by atoms with Crippen molar-refractivity contribution >= 4 is 11.6 Å². The summed E-state index contributed by atoms with van der Waals surface area (Å²) >= 11 is 0. The Labute approximate surface area is 97.9 Å². The van der Waals surface area contributed by atoms with Crippen LogP contribution in [0.5, 0.6) is 0 Å². The standard InChI is InChI=1S/C12H22N4/c1-5-10-11(13-4)15-8-16-12(10)14-7-6-9(2)3/h8-9H,5-7H2,1-4H3,(H2,13,14,15,16). The molecule has 0 saturated heterocycles. The third kappa shape index (κ3) is 3.36. The van der Waals surface area contributed by atoms with Crippen LogP contribution in [-0.2, 0) is 6.42 Å². The van der Waals surface area contributed by atoms with E-state index in [4.69, 9.17) is 0 Å². The molecule has 0 amide bonds. The number of aromatic nitrogens is 2. The number of anilines is 2. The average Bonchev–Trinajstić information content (AvgIpc) is 2.28. The van der Waals surface area contributed by atoms with E-state index < -0.39 is 0 Å². The third-order valence-electron chi connectivity index (χ3n) is 2.55. The fourth-order valence-electron chi connectivity index (χ4n) is 1.59. The van der Waals surface area contributed by atoms with E-state index in [-0.39, 0.29) is 0 Å². The molecular formula is C12H22N4. The van der Waals surface area contributed by atoms with E-state index in [0.717, 1.165) is 36.6 Å². The molecule has 0 spiro atoms. The van der Waals surface area contributed by atoms with Crippen LogP contribution in [0.1, 0.15) is 32.8 Å². The molecule has 1 heterocycles. The molecule has 0 unspecified atom stereocenters. The van der Waals surface area contributed by atoms with Gasteiger partial charge < -0.3 is 10.6 Å². The molecule has 0 aromatic carbocycles. The van der Waals surface area contributed by atoms with Crippen molar-refractivity contribution in [2.45, 2.75) is 33.6 Å². The maximum atomic E-state index is 4.29. The van der Waals surface area contributed by atoms with Crippen molar-refractivity contribution in [3.63, 3.8) is 0 Å². The van der Waals surface area contributed by atoms with Gasteiger partial charge in [0.1, 0.15) is 18.0 Å². The lowest BCUT2D eigenvalue weighted by Crippen LogP contribution is -2.10. The molecule has 2 N–H and O–H groups in total. The number of nitrogens with zero attached hydrogens (tertiary/aromatic N) is 2. The van der Waals surface area contributed by atoms with Crippen LogP contribution in [0.15, 0.2) is 6.33 Å². The van der Waals surface area contributed by atoms with Gasteiger partial charge in [0.15, 0.2) is 0 Å². The van der Waals surface area contributed by atoms with Crippen molar-refractivity contribution in [1.29, 1.82) is 0 Å². The average molecular weight is 222 g/mol. The van der Waals surface area contributed by atoms with E-state index in [2.05, 4.69) is 41.4 Å². The van der Waals surface area contributed by atoms with Gasteiger partial charge in [-0.1, -0.05) is 20.8 Å². The van der Waals surface area contributed by atoms with Crippen LogP contribution in [-0.4, -0.2) is 23.6 Å². The predicted octanol–water partition coefficient (Wildman–Crippen LogP) is 2.54. The normalized spacial score (nSPS) is 10.6.